The first-order valence-electron chi connectivity index (χ1n) is 6.28. The van der Waals surface area contributed by atoms with E-state index in [2.05, 4.69) is 64.6 Å². The van der Waals surface area contributed by atoms with Crippen LogP contribution in [0.1, 0.15) is 27.7 Å². The Balaban J connectivity index is 2.37. The molecular formula is C16H21Si. The fraction of sp³-hybridized carbons (Fsp3) is 0.375. The second-order valence-electron chi connectivity index (χ2n) is 5.10. The Kier molecular flexibility index (Phi) is 3.39. The molecule has 0 aliphatic heterocycles. The average molecular weight is 241 g/mol. The molecular weight excluding hydrogens is 220 g/mol. The van der Waals surface area contributed by atoms with Crippen LogP contribution in [-0.4, -0.2) is 8.80 Å². The van der Waals surface area contributed by atoms with E-state index in [9.17, 15) is 0 Å². The van der Waals surface area contributed by atoms with E-state index < -0.39 is 8.80 Å². The van der Waals surface area contributed by atoms with E-state index in [4.69, 9.17) is 0 Å². The summed E-state index contributed by atoms with van der Waals surface area (Å²) in [6, 6.07) is 11.0. The maximum absolute atomic E-state index is 2.45. The van der Waals surface area contributed by atoms with E-state index >= 15 is 0 Å². The standard InChI is InChI=1S/C16H21Si/c1-11-12(2)14(4)16(13(11)3)17(5)15-9-7-6-8-10-15/h6-10,16H,1-5H3. The molecule has 0 atom stereocenters. The first-order valence-corrected chi connectivity index (χ1v) is 8.35. The van der Waals surface area contributed by atoms with Crippen LogP contribution in [0.3, 0.4) is 0 Å². The van der Waals surface area contributed by atoms with Gasteiger partial charge in [0.2, 0.25) is 0 Å². The fourth-order valence-corrected chi connectivity index (χ4v) is 5.65. The van der Waals surface area contributed by atoms with Gasteiger partial charge in [0.05, 0.1) is 8.80 Å². The SMILES string of the molecule is CC1=C(C)C([Si](C)c2ccccc2)C(C)=C1C. The minimum atomic E-state index is -0.523. The number of rotatable bonds is 2. The van der Waals surface area contributed by atoms with Gasteiger partial charge in [-0.2, -0.15) is 0 Å². The summed E-state index contributed by atoms with van der Waals surface area (Å²) in [6.07, 6.45) is 0. The van der Waals surface area contributed by atoms with Gasteiger partial charge >= 0.3 is 0 Å². The normalized spacial score (nSPS) is 17.5. The van der Waals surface area contributed by atoms with Gasteiger partial charge in [-0.25, -0.2) is 0 Å². The van der Waals surface area contributed by atoms with Gasteiger partial charge in [-0.15, -0.1) is 0 Å². The molecule has 1 aromatic rings. The van der Waals surface area contributed by atoms with Crippen LogP contribution < -0.4 is 5.19 Å². The zero-order valence-corrected chi connectivity index (χ0v) is 12.5. The summed E-state index contributed by atoms with van der Waals surface area (Å²) in [5, 5.41) is 1.55. The molecule has 0 unspecified atom stereocenters. The molecule has 1 radical (unpaired) electrons. The smallest absolute Gasteiger partial charge is 0.0662 e. The topological polar surface area (TPSA) is 0 Å². The lowest BCUT2D eigenvalue weighted by atomic mass is 10.1. The Morgan fingerprint density at radius 3 is 1.76 bits per heavy atom. The Morgan fingerprint density at radius 1 is 0.824 bits per heavy atom. The summed E-state index contributed by atoms with van der Waals surface area (Å²) < 4.78 is 0. The third kappa shape index (κ3) is 2.04. The molecule has 1 aliphatic carbocycles. The maximum Gasteiger partial charge on any atom is 0.0943 e. The van der Waals surface area contributed by atoms with Gasteiger partial charge in [0.25, 0.3) is 0 Å². The number of hydrogen-bond donors (Lipinski definition) is 0. The predicted molar refractivity (Wildman–Crippen MR) is 78.2 cm³/mol. The van der Waals surface area contributed by atoms with Crippen LogP contribution in [0.15, 0.2) is 52.6 Å². The van der Waals surface area contributed by atoms with Crippen molar-refractivity contribution >= 4 is 14.0 Å². The van der Waals surface area contributed by atoms with Gasteiger partial charge < -0.3 is 0 Å². The fourth-order valence-electron chi connectivity index (χ4n) is 2.87. The molecule has 89 valence electrons. The molecule has 0 nitrogen and oxygen atoms in total. The lowest BCUT2D eigenvalue weighted by Gasteiger charge is -2.22. The Labute approximate surface area is 107 Å². The molecule has 0 fully saturated rings. The highest BCUT2D eigenvalue weighted by molar-refractivity contribution is 6.74. The third-order valence-electron chi connectivity index (χ3n) is 4.27. The summed E-state index contributed by atoms with van der Waals surface area (Å²) in [5.41, 5.74) is 6.93. The van der Waals surface area contributed by atoms with Crippen LogP contribution in [0.4, 0.5) is 0 Å². The zero-order chi connectivity index (χ0) is 12.6. The molecule has 2 rings (SSSR count). The Morgan fingerprint density at radius 2 is 1.29 bits per heavy atom. The van der Waals surface area contributed by atoms with Crippen molar-refractivity contribution in [3.05, 3.63) is 52.6 Å². The van der Waals surface area contributed by atoms with Gasteiger partial charge in [-0.05, 0) is 44.4 Å². The van der Waals surface area contributed by atoms with Crippen LogP contribution in [0.5, 0.6) is 0 Å². The lowest BCUT2D eigenvalue weighted by molar-refractivity contribution is 1.10. The lowest BCUT2D eigenvalue weighted by Crippen LogP contribution is -2.32. The highest BCUT2D eigenvalue weighted by atomic mass is 28.3. The number of benzene rings is 1. The average Bonchev–Trinajstić information content (AvgIpc) is 2.54. The van der Waals surface area contributed by atoms with E-state index in [0.29, 0.717) is 5.54 Å². The Bertz CT molecular complexity index is 456. The molecule has 0 N–H and O–H groups in total. The summed E-state index contributed by atoms with van der Waals surface area (Å²) in [4.78, 5) is 0. The first kappa shape index (κ1) is 12.4. The van der Waals surface area contributed by atoms with E-state index in [0.717, 1.165) is 0 Å². The monoisotopic (exact) mass is 241 g/mol. The van der Waals surface area contributed by atoms with Crippen molar-refractivity contribution in [2.24, 2.45) is 0 Å². The van der Waals surface area contributed by atoms with Crippen LogP contribution >= 0.6 is 0 Å². The Hall–Kier alpha value is -1.08. The molecule has 0 saturated carbocycles. The van der Waals surface area contributed by atoms with E-state index in [1.807, 2.05) is 0 Å². The highest BCUT2D eigenvalue weighted by Crippen LogP contribution is 2.42. The van der Waals surface area contributed by atoms with Crippen molar-refractivity contribution in [2.45, 2.75) is 39.8 Å². The van der Waals surface area contributed by atoms with Gasteiger partial charge in [-0.3, -0.25) is 0 Å². The zero-order valence-electron chi connectivity index (χ0n) is 11.5. The molecule has 0 heterocycles. The van der Waals surface area contributed by atoms with Gasteiger partial charge in [0, 0.05) is 0 Å². The van der Waals surface area contributed by atoms with E-state index in [1.54, 1.807) is 16.3 Å². The third-order valence-corrected chi connectivity index (χ3v) is 7.25. The largest absolute Gasteiger partial charge is 0.0943 e. The van der Waals surface area contributed by atoms with Crippen molar-refractivity contribution in [3.8, 4) is 0 Å². The summed E-state index contributed by atoms with van der Waals surface area (Å²) >= 11 is 0. The molecule has 0 bridgehead atoms. The van der Waals surface area contributed by atoms with Crippen LogP contribution in [0.25, 0.3) is 0 Å². The quantitative estimate of drug-likeness (QED) is 0.685. The molecule has 0 spiro atoms. The van der Waals surface area contributed by atoms with E-state index in [1.165, 1.54) is 11.1 Å². The second-order valence-corrected chi connectivity index (χ2v) is 7.62. The van der Waals surface area contributed by atoms with Crippen molar-refractivity contribution in [3.63, 3.8) is 0 Å². The molecule has 0 amide bonds. The van der Waals surface area contributed by atoms with Crippen molar-refractivity contribution in [2.75, 3.05) is 0 Å². The minimum Gasteiger partial charge on any atom is -0.0662 e. The van der Waals surface area contributed by atoms with E-state index in [-0.39, 0.29) is 0 Å². The van der Waals surface area contributed by atoms with Crippen molar-refractivity contribution in [1.82, 2.24) is 0 Å². The molecule has 1 heteroatoms. The summed E-state index contributed by atoms with van der Waals surface area (Å²) in [6.45, 7) is 11.6. The molecule has 0 saturated heterocycles. The van der Waals surface area contributed by atoms with Crippen LogP contribution in [0.2, 0.25) is 12.1 Å². The molecule has 1 aliphatic rings. The minimum absolute atomic E-state index is 0.523. The second kappa shape index (κ2) is 4.65. The van der Waals surface area contributed by atoms with Gasteiger partial charge in [0.1, 0.15) is 0 Å². The molecule has 0 aromatic heterocycles. The summed E-state index contributed by atoms with van der Waals surface area (Å²) in [5.74, 6) is 0. The van der Waals surface area contributed by atoms with Gasteiger partial charge in [-0.1, -0.05) is 53.2 Å². The maximum atomic E-state index is 2.45. The summed E-state index contributed by atoms with van der Waals surface area (Å²) in [7, 11) is -0.523. The molecule has 1 aromatic carbocycles. The number of allylic oxidation sites excluding steroid dienone is 4. The number of hydrogen-bond acceptors (Lipinski definition) is 0. The molecule has 17 heavy (non-hydrogen) atoms. The highest BCUT2D eigenvalue weighted by Gasteiger charge is 2.30. The first-order chi connectivity index (χ1) is 8.04. The van der Waals surface area contributed by atoms with Crippen LogP contribution in [0, 0.1) is 0 Å². The van der Waals surface area contributed by atoms with Gasteiger partial charge in [0.15, 0.2) is 0 Å². The van der Waals surface area contributed by atoms with Crippen LogP contribution in [-0.2, 0) is 0 Å². The van der Waals surface area contributed by atoms with Crippen molar-refractivity contribution in [1.29, 1.82) is 0 Å². The predicted octanol–water partition coefficient (Wildman–Crippen LogP) is 4.07. The van der Waals surface area contributed by atoms with Crippen molar-refractivity contribution < 1.29 is 0 Å².